The van der Waals surface area contributed by atoms with Crippen LogP contribution >= 0.6 is 0 Å². The molecule has 2 atom stereocenters. The van der Waals surface area contributed by atoms with Gasteiger partial charge >= 0.3 is 6.09 Å². The van der Waals surface area contributed by atoms with E-state index in [1.54, 1.807) is 13.3 Å². The lowest BCUT2D eigenvalue weighted by Crippen LogP contribution is -2.50. The Labute approximate surface area is 175 Å². The summed E-state index contributed by atoms with van der Waals surface area (Å²) in [5.74, 6) is 0.365. The second-order valence-corrected chi connectivity index (χ2v) is 7.63. The molecule has 0 radical (unpaired) electrons. The number of hydrogen-bond acceptors (Lipinski definition) is 7. The summed E-state index contributed by atoms with van der Waals surface area (Å²) in [4.78, 5) is 23.5. The number of hydrogen-bond donors (Lipinski definition) is 0. The Bertz CT molecular complexity index is 919. The van der Waals surface area contributed by atoms with E-state index < -0.39 is 23.6 Å². The first-order valence-corrected chi connectivity index (χ1v) is 9.78. The van der Waals surface area contributed by atoms with Gasteiger partial charge in [-0.3, -0.25) is 9.88 Å². The van der Waals surface area contributed by atoms with E-state index in [0.29, 0.717) is 11.6 Å². The molecule has 1 aromatic heterocycles. The van der Waals surface area contributed by atoms with Crippen LogP contribution < -0.4 is 0 Å². The average molecular weight is 411 g/mol. The molecule has 8 nitrogen and oxygen atoms in total. The molecule has 1 unspecified atom stereocenters. The van der Waals surface area contributed by atoms with E-state index in [1.807, 2.05) is 62.4 Å². The first-order valence-electron chi connectivity index (χ1n) is 9.78. The molecular formula is C22H25N3O5. The van der Waals surface area contributed by atoms with Gasteiger partial charge in [-0.1, -0.05) is 36.4 Å². The van der Waals surface area contributed by atoms with Crippen molar-refractivity contribution in [2.45, 2.75) is 37.9 Å². The summed E-state index contributed by atoms with van der Waals surface area (Å²) in [5, 5.41) is 0. The SMILES string of the molecule is COC1(c2ccccn2)COC([C@@H]2COC(C)(C)N2C(=O)OCc2ccccc2)=N1. The third-order valence-corrected chi connectivity index (χ3v) is 5.28. The van der Waals surface area contributed by atoms with Gasteiger partial charge in [0.1, 0.15) is 25.0 Å². The van der Waals surface area contributed by atoms with E-state index in [2.05, 4.69) is 9.98 Å². The predicted octanol–water partition coefficient (Wildman–Crippen LogP) is 3.08. The first kappa shape index (κ1) is 20.3. The molecule has 1 saturated heterocycles. The Morgan fingerprint density at radius 2 is 1.97 bits per heavy atom. The van der Waals surface area contributed by atoms with Crippen molar-refractivity contribution >= 4 is 12.0 Å². The summed E-state index contributed by atoms with van der Waals surface area (Å²) < 4.78 is 23.0. The van der Waals surface area contributed by atoms with Crippen LogP contribution in [0.15, 0.2) is 59.7 Å². The van der Waals surface area contributed by atoms with Crippen molar-refractivity contribution in [3.63, 3.8) is 0 Å². The lowest BCUT2D eigenvalue weighted by Gasteiger charge is -2.32. The van der Waals surface area contributed by atoms with Crippen LogP contribution in [0, 0.1) is 0 Å². The Morgan fingerprint density at radius 1 is 1.20 bits per heavy atom. The monoisotopic (exact) mass is 411 g/mol. The van der Waals surface area contributed by atoms with E-state index in [0.717, 1.165) is 5.56 Å². The molecule has 0 aliphatic carbocycles. The number of aliphatic imine (C=N–C) groups is 1. The highest BCUT2D eigenvalue weighted by Gasteiger charge is 2.51. The zero-order valence-electron chi connectivity index (χ0n) is 17.3. The third-order valence-electron chi connectivity index (χ3n) is 5.28. The van der Waals surface area contributed by atoms with Crippen LogP contribution in [0.4, 0.5) is 4.79 Å². The molecule has 158 valence electrons. The number of nitrogens with zero attached hydrogens (tertiary/aromatic N) is 3. The molecule has 1 fully saturated rings. The molecule has 3 heterocycles. The maximum atomic E-state index is 13.0. The molecule has 2 aromatic rings. The minimum absolute atomic E-state index is 0.166. The molecule has 0 bridgehead atoms. The Kier molecular flexibility index (Phi) is 5.44. The molecule has 1 amide bonds. The molecule has 0 N–H and O–H groups in total. The number of carbonyl (C=O) groups excluding carboxylic acids is 1. The molecule has 1 aromatic carbocycles. The number of amides is 1. The van der Waals surface area contributed by atoms with E-state index in [4.69, 9.17) is 18.9 Å². The normalized spacial score (nSPS) is 25.0. The number of pyridine rings is 1. The number of rotatable bonds is 5. The summed E-state index contributed by atoms with van der Waals surface area (Å²) in [6.07, 6.45) is 1.18. The van der Waals surface area contributed by atoms with Crippen molar-refractivity contribution in [2.75, 3.05) is 20.3 Å². The van der Waals surface area contributed by atoms with Crippen LogP contribution in [0.3, 0.4) is 0 Å². The van der Waals surface area contributed by atoms with Gasteiger partial charge in [0.15, 0.2) is 0 Å². The van der Waals surface area contributed by atoms with Crippen molar-refractivity contribution in [3.8, 4) is 0 Å². The fourth-order valence-corrected chi connectivity index (χ4v) is 3.64. The van der Waals surface area contributed by atoms with Gasteiger partial charge in [0.05, 0.1) is 12.3 Å². The Balaban J connectivity index is 1.56. The van der Waals surface area contributed by atoms with Crippen molar-refractivity contribution in [2.24, 2.45) is 4.99 Å². The molecular weight excluding hydrogens is 386 g/mol. The number of carbonyl (C=O) groups is 1. The van der Waals surface area contributed by atoms with Crippen LogP contribution in [0.25, 0.3) is 0 Å². The third kappa shape index (κ3) is 3.76. The van der Waals surface area contributed by atoms with Gasteiger partial charge in [0.25, 0.3) is 0 Å². The fraction of sp³-hybridized carbons (Fsp3) is 0.409. The highest BCUT2D eigenvalue weighted by atomic mass is 16.6. The van der Waals surface area contributed by atoms with Crippen LogP contribution in [-0.4, -0.2) is 54.0 Å². The quantitative estimate of drug-likeness (QED) is 0.752. The van der Waals surface area contributed by atoms with E-state index >= 15 is 0 Å². The fourth-order valence-electron chi connectivity index (χ4n) is 3.64. The number of ether oxygens (including phenoxy) is 4. The summed E-state index contributed by atoms with van der Waals surface area (Å²) >= 11 is 0. The summed E-state index contributed by atoms with van der Waals surface area (Å²) in [6.45, 7) is 4.21. The van der Waals surface area contributed by atoms with E-state index in [9.17, 15) is 4.79 Å². The van der Waals surface area contributed by atoms with Gasteiger partial charge in [0.2, 0.25) is 11.6 Å². The van der Waals surface area contributed by atoms with Gasteiger partial charge in [-0.25, -0.2) is 9.79 Å². The number of aromatic nitrogens is 1. The maximum Gasteiger partial charge on any atom is 0.413 e. The van der Waals surface area contributed by atoms with Crippen molar-refractivity contribution < 1.29 is 23.7 Å². The second-order valence-electron chi connectivity index (χ2n) is 7.63. The van der Waals surface area contributed by atoms with Gasteiger partial charge in [-0.2, -0.15) is 0 Å². The largest absolute Gasteiger partial charge is 0.474 e. The lowest BCUT2D eigenvalue weighted by molar-refractivity contribution is -0.0481. The molecule has 8 heteroatoms. The molecule has 0 saturated carbocycles. The smallest absolute Gasteiger partial charge is 0.413 e. The first-order chi connectivity index (χ1) is 14.5. The number of benzene rings is 1. The second kappa shape index (κ2) is 8.04. The summed E-state index contributed by atoms with van der Waals surface area (Å²) in [6, 6.07) is 14.5. The van der Waals surface area contributed by atoms with Gasteiger partial charge in [-0.05, 0) is 31.5 Å². The highest BCUT2D eigenvalue weighted by molar-refractivity contribution is 5.88. The van der Waals surface area contributed by atoms with Gasteiger partial charge in [0, 0.05) is 13.3 Å². The minimum atomic E-state index is -1.05. The summed E-state index contributed by atoms with van der Waals surface area (Å²) in [7, 11) is 1.56. The topological polar surface area (TPSA) is 82.5 Å². The van der Waals surface area contributed by atoms with Gasteiger partial charge in [-0.15, -0.1) is 0 Å². The minimum Gasteiger partial charge on any atom is -0.474 e. The van der Waals surface area contributed by atoms with Crippen LogP contribution in [0.1, 0.15) is 25.1 Å². The van der Waals surface area contributed by atoms with Crippen LogP contribution in [0.5, 0.6) is 0 Å². The molecule has 2 aliphatic heterocycles. The van der Waals surface area contributed by atoms with Gasteiger partial charge < -0.3 is 18.9 Å². The molecule has 30 heavy (non-hydrogen) atoms. The summed E-state index contributed by atoms with van der Waals surface area (Å²) in [5.41, 5.74) is -0.376. The van der Waals surface area contributed by atoms with E-state index in [-0.39, 0.29) is 19.8 Å². The highest BCUT2D eigenvalue weighted by Crippen LogP contribution is 2.35. The van der Waals surface area contributed by atoms with Crippen LogP contribution in [0.2, 0.25) is 0 Å². The average Bonchev–Trinajstić information content (AvgIpc) is 3.35. The van der Waals surface area contributed by atoms with Crippen molar-refractivity contribution in [1.82, 2.24) is 9.88 Å². The predicted molar refractivity (Wildman–Crippen MR) is 109 cm³/mol. The maximum absolute atomic E-state index is 13.0. The Hall–Kier alpha value is -2.97. The molecule has 4 rings (SSSR count). The van der Waals surface area contributed by atoms with E-state index in [1.165, 1.54) is 4.90 Å². The van der Waals surface area contributed by atoms with Crippen molar-refractivity contribution in [3.05, 3.63) is 66.0 Å². The zero-order chi connectivity index (χ0) is 21.2. The zero-order valence-corrected chi connectivity index (χ0v) is 17.3. The van der Waals surface area contributed by atoms with Crippen molar-refractivity contribution in [1.29, 1.82) is 0 Å². The Morgan fingerprint density at radius 3 is 2.67 bits per heavy atom. The molecule has 2 aliphatic rings. The molecule has 0 spiro atoms. The standard InChI is InChI=1S/C22H25N3O5/c1-21(2)25(20(26)28-13-16-9-5-4-6-10-16)17(14-30-21)19-24-22(27-3,15-29-19)18-11-7-8-12-23-18/h4-12,17H,13-15H2,1-3H3/t17-,22?/m0/s1. The lowest BCUT2D eigenvalue weighted by atomic mass is 10.1. The van der Waals surface area contributed by atoms with Crippen LogP contribution in [-0.2, 0) is 31.3 Å². The number of methoxy groups -OCH3 is 1.